The van der Waals surface area contributed by atoms with Crippen molar-refractivity contribution in [2.75, 3.05) is 5.43 Å². The van der Waals surface area contributed by atoms with Crippen molar-refractivity contribution >= 4 is 5.82 Å². The Morgan fingerprint density at radius 3 is 2.67 bits per heavy atom. The van der Waals surface area contributed by atoms with Crippen LogP contribution in [0.25, 0.3) is 0 Å². The Kier molecular flexibility index (Phi) is 4.27. The molecule has 1 heterocycles. The molecule has 0 unspecified atom stereocenters. The Labute approximate surface area is 118 Å². The lowest BCUT2D eigenvalue weighted by Crippen LogP contribution is -2.12. The van der Waals surface area contributed by atoms with Crippen molar-refractivity contribution in [3.8, 4) is 11.6 Å². The number of hydrogen-bond acceptors (Lipinski definition) is 5. The molecule has 0 amide bonds. The van der Waals surface area contributed by atoms with Gasteiger partial charge in [0.25, 0.3) is 0 Å². The molecule has 2 aromatic rings. The minimum Gasteiger partial charge on any atom is -0.439 e. The smallest absolute Gasteiger partial charge is 0.416 e. The molecule has 112 valence electrons. The Morgan fingerprint density at radius 1 is 1.29 bits per heavy atom. The molecule has 0 saturated heterocycles. The van der Waals surface area contributed by atoms with Crippen LogP contribution in [0, 0.1) is 0 Å². The number of alkyl halides is 3. The van der Waals surface area contributed by atoms with Gasteiger partial charge < -0.3 is 10.2 Å². The highest BCUT2D eigenvalue weighted by atomic mass is 19.4. The fourth-order valence-electron chi connectivity index (χ4n) is 1.77. The first-order valence-corrected chi connectivity index (χ1v) is 6.11. The molecule has 0 spiro atoms. The summed E-state index contributed by atoms with van der Waals surface area (Å²) in [6.07, 6.45) is -2.70. The molecule has 21 heavy (non-hydrogen) atoms. The number of halogens is 3. The van der Waals surface area contributed by atoms with Gasteiger partial charge >= 0.3 is 6.18 Å². The van der Waals surface area contributed by atoms with Gasteiger partial charge in [-0.25, -0.2) is 15.8 Å². The molecule has 0 bridgehead atoms. The zero-order valence-corrected chi connectivity index (χ0v) is 11.1. The predicted molar refractivity (Wildman–Crippen MR) is 70.7 cm³/mol. The molecule has 5 nitrogen and oxygen atoms in total. The highest BCUT2D eigenvalue weighted by Crippen LogP contribution is 2.33. The van der Waals surface area contributed by atoms with Crippen LogP contribution in [0.5, 0.6) is 11.6 Å². The van der Waals surface area contributed by atoms with E-state index < -0.39 is 11.7 Å². The van der Waals surface area contributed by atoms with Crippen molar-refractivity contribution in [3.63, 3.8) is 0 Å². The first kappa shape index (κ1) is 15.0. The van der Waals surface area contributed by atoms with Crippen molar-refractivity contribution in [3.05, 3.63) is 41.7 Å². The summed E-state index contributed by atoms with van der Waals surface area (Å²) in [4.78, 5) is 7.86. The van der Waals surface area contributed by atoms with E-state index in [0.717, 1.165) is 12.1 Å². The third-order valence-electron chi connectivity index (χ3n) is 2.77. The molecule has 1 aromatic heterocycles. The highest BCUT2D eigenvalue weighted by molar-refractivity contribution is 5.49. The fourth-order valence-corrected chi connectivity index (χ4v) is 1.77. The normalized spacial score (nSPS) is 11.3. The lowest BCUT2D eigenvalue weighted by molar-refractivity contribution is -0.137. The molecular formula is C13H13F3N4O. The van der Waals surface area contributed by atoms with Gasteiger partial charge in [0.2, 0.25) is 5.88 Å². The summed E-state index contributed by atoms with van der Waals surface area (Å²) in [5.74, 6) is 5.90. The van der Waals surface area contributed by atoms with Gasteiger partial charge in [-0.2, -0.15) is 13.2 Å². The minimum atomic E-state index is -4.43. The van der Waals surface area contributed by atoms with Gasteiger partial charge in [0.15, 0.2) is 0 Å². The molecule has 0 saturated carbocycles. The fraction of sp³-hybridized carbons (Fsp3) is 0.231. The van der Waals surface area contributed by atoms with E-state index in [0.29, 0.717) is 17.8 Å². The number of aromatic nitrogens is 2. The third kappa shape index (κ3) is 3.40. The van der Waals surface area contributed by atoms with Crippen LogP contribution >= 0.6 is 0 Å². The molecule has 0 aliphatic carbocycles. The number of benzene rings is 1. The quantitative estimate of drug-likeness (QED) is 0.670. The summed E-state index contributed by atoms with van der Waals surface area (Å²) in [6, 6.07) is 4.58. The van der Waals surface area contributed by atoms with E-state index in [1.165, 1.54) is 18.5 Å². The number of anilines is 1. The average molecular weight is 298 g/mol. The Balaban J connectivity index is 2.35. The first-order valence-electron chi connectivity index (χ1n) is 6.11. The summed E-state index contributed by atoms with van der Waals surface area (Å²) in [7, 11) is 0. The van der Waals surface area contributed by atoms with Crippen LogP contribution in [0.4, 0.5) is 19.0 Å². The number of nitrogens with one attached hydrogen (secondary N) is 1. The molecule has 0 atom stereocenters. The zero-order chi connectivity index (χ0) is 15.5. The van der Waals surface area contributed by atoms with Crippen LogP contribution in [0.15, 0.2) is 30.6 Å². The van der Waals surface area contributed by atoms with Gasteiger partial charge in [-0.3, -0.25) is 0 Å². The molecule has 8 heteroatoms. The second kappa shape index (κ2) is 5.96. The number of hydrogen-bond donors (Lipinski definition) is 2. The van der Waals surface area contributed by atoms with Gasteiger partial charge in [0.1, 0.15) is 17.9 Å². The van der Waals surface area contributed by atoms with Gasteiger partial charge in [0.05, 0.1) is 11.1 Å². The lowest BCUT2D eigenvalue weighted by Gasteiger charge is -2.13. The van der Waals surface area contributed by atoms with Crippen molar-refractivity contribution in [1.29, 1.82) is 0 Å². The monoisotopic (exact) mass is 298 g/mol. The van der Waals surface area contributed by atoms with Gasteiger partial charge in [-0.15, -0.1) is 0 Å². The van der Waals surface area contributed by atoms with Crippen LogP contribution in [-0.2, 0) is 12.6 Å². The van der Waals surface area contributed by atoms with Gasteiger partial charge in [0, 0.05) is 0 Å². The number of hydrazine groups is 1. The van der Waals surface area contributed by atoms with Crippen LogP contribution in [0.2, 0.25) is 0 Å². The number of nitrogens with zero attached hydrogens (tertiary/aromatic N) is 2. The molecule has 0 radical (unpaired) electrons. The maximum atomic E-state index is 12.7. The number of nitrogens with two attached hydrogens (primary N) is 1. The average Bonchev–Trinajstić information content (AvgIpc) is 2.46. The van der Waals surface area contributed by atoms with E-state index in [1.807, 2.05) is 6.92 Å². The molecule has 0 aliphatic rings. The van der Waals surface area contributed by atoms with Crippen molar-refractivity contribution < 1.29 is 17.9 Å². The van der Waals surface area contributed by atoms with Crippen molar-refractivity contribution in [1.82, 2.24) is 9.97 Å². The van der Waals surface area contributed by atoms with E-state index in [4.69, 9.17) is 10.6 Å². The van der Waals surface area contributed by atoms with Crippen LogP contribution in [-0.4, -0.2) is 9.97 Å². The van der Waals surface area contributed by atoms with Crippen molar-refractivity contribution in [2.45, 2.75) is 19.5 Å². The van der Waals surface area contributed by atoms with E-state index in [2.05, 4.69) is 15.4 Å². The number of nitrogen functional groups attached to an aromatic ring is 1. The summed E-state index contributed by atoms with van der Waals surface area (Å²) in [6.45, 7) is 1.83. The Bertz CT molecular complexity index is 631. The van der Waals surface area contributed by atoms with Crippen LogP contribution in [0.1, 0.15) is 18.1 Å². The van der Waals surface area contributed by atoms with E-state index in [-0.39, 0.29) is 11.6 Å². The van der Waals surface area contributed by atoms with Crippen LogP contribution in [0.3, 0.4) is 0 Å². The molecule has 1 aromatic carbocycles. The van der Waals surface area contributed by atoms with E-state index in [9.17, 15) is 13.2 Å². The number of rotatable bonds is 4. The lowest BCUT2D eigenvalue weighted by atomic mass is 10.2. The first-order chi connectivity index (χ1) is 9.95. The zero-order valence-electron chi connectivity index (χ0n) is 11.1. The predicted octanol–water partition coefficient (Wildman–Crippen LogP) is 3.14. The number of ether oxygens (including phenoxy) is 1. The standard InChI is InChI=1S/C13H13F3N4O/c1-2-10-11(20-17)18-7-19-12(10)21-9-5-3-4-8(6-9)13(14,15)16/h3-7H,2,17H2,1H3,(H,18,19,20). The minimum absolute atomic E-state index is 0.0428. The summed E-state index contributed by atoms with van der Waals surface area (Å²) >= 11 is 0. The molecule has 3 N–H and O–H groups in total. The maximum Gasteiger partial charge on any atom is 0.416 e. The summed E-state index contributed by atoms with van der Waals surface area (Å²) in [5.41, 5.74) is 2.19. The van der Waals surface area contributed by atoms with E-state index in [1.54, 1.807) is 0 Å². The van der Waals surface area contributed by atoms with Crippen LogP contribution < -0.4 is 16.0 Å². The topological polar surface area (TPSA) is 73.1 Å². The van der Waals surface area contributed by atoms with Gasteiger partial charge in [-0.1, -0.05) is 13.0 Å². The molecule has 2 rings (SSSR count). The van der Waals surface area contributed by atoms with Gasteiger partial charge in [-0.05, 0) is 24.6 Å². The third-order valence-corrected chi connectivity index (χ3v) is 2.77. The molecular weight excluding hydrogens is 285 g/mol. The molecule has 0 aliphatic heterocycles. The SMILES string of the molecule is CCc1c(NN)ncnc1Oc1cccc(C(F)(F)F)c1. The van der Waals surface area contributed by atoms with E-state index >= 15 is 0 Å². The van der Waals surface area contributed by atoms with Crippen molar-refractivity contribution in [2.24, 2.45) is 5.84 Å². The largest absolute Gasteiger partial charge is 0.439 e. The summed E-state index contributed by atoms with van der Waals surface area (Å²) in [5, 5.41) is 0. The maximum absolute atomic E-state index is 12.7. The Hall–Kier alpha value is -2.35. The second-order valence-corrected chi connectivity index (χ2v) is 4.13. The summed E-state index contributed by atoms with van der Waals surface area (Å²) < 4.78 is 43.4. The highest BCUT2D eigenvalue weighted by Gasteiger charge is 2.30. The molecule has 0 fully saturated rings. The second-order valence-electron chi connectivity index (χ2n) is 4.13. The Morgan fingerprint density at radius 2 is 2.05 bits per heavy atom.